The van der Waals surface area contributed by atoms with E-state index in [0.717, 1.165) is 0 Å². The maximum absolute atomic E-state index is 11.1. The average molecular weight is 198 g/mol. The molecular formula is C10H14O4. The van der Waals surface area contributed by atoms with Gasteiger partial charge in [-0.1, -0.05) is 0 Å². The fraction of sp³-hybridized carbons (Fsp3) is 0.500. The molecular weight excluding hydrogens is 184 g/mol. The molecule has 4 nitrogen and oxygen atoms in total. The Hall–Kier alpha value is -1.45. The molecule has 1 aromatic heterocycles. The smallest absolute Gasteiger partial charge is 0.466 e. The van der Waals surface area contributed by atoms with Gasteiger partial charge in [-0.15, -0.1) is 0 Å². The van der Waals surface area contributed by atoms with E-state index in [1.807, 2.05) is 0 Å². The number of furan rings is 1. The Labute approximate surface area is 82.8 Å². The van der Waals surface area contributed by atoms with Gasteiger partial charge in [-0.05, 0) is 32.9 Å². The maximum Gasteiger partial charge on any atom is 0.509 e. The van der Waals surface area contributed by atoms with Gasteiger partial charge in [0.1, 0.15) is 11.4 Å². The molecule has 0 radical (unpaired) electrons. The molecule has 0 atom stereocenters. The van der Waals surface area contributed by atoms with E-state index in [1.54, 1.807) is 32.9 Å². The van der Waals surface area contributed by atoms with Crippen LogP contribution in [0.2, 0.25) is 0 Å². The fourth-order valence-electron chi connectivity index (χ4n) is 0.804. The van der Waals surface area contributed by atoms with Crippen LogP contribution in [0.15, 0.2) is 22.8 Å². The van der Waals surface area contributed by atoms with Crippen LogP contribution in [0.3, 0.4) is 0 Å². The summed E-state index contributed by atoms with van der Waals surface area (Å²) in [6.07, 6.45) is 0.835. The third kappa shape index (κ3) is 3.98. The van der Waals surface area contributed by atoms with E-state index in [2.05, 4.69) is 0 Å². The van der Waals surface area contributed by atoms with E-state index in [4.69, 9.17) is 13.9 Å². The van der Waals surface area contributed by atoms with Gasteiger partial charge < -0.3 is 13.9 Å². The molecule has 0 saturated carbocycles. The minimum atomic E-state index is -0.686. The first-order valence-electron chi connectivity index (χ1n) is 4.35. The monoisotopic (exact) mass is 198 g/mol. The van der Waals surface area contributed by atoms with Crippen molar-refractivity contribution in [3.8, 4) is 0 Å². The van der Waals surface area contributed by atoms with Gasteiger partial charge >= 0.3 is 6.16 Å². The predicted octanol–water partition coefficient (Wildman–Crippen LogP) is 2.73. The lowest BCUT2D eigenvalue weighted by atomic mass is 10.2. The van der Waals surface area contributed by atoms with E-state index >= 15 is 0 Å². The molecule has 1 rings (SSSR count). The summed E-state index contributed by atoms with van der Waals surface area (Å²) < 4.78 is 14.7. The molecule has 0 aromatic carbocycles. The molecule has 1 aromatic rings. The van der Waals surface area contributed by atoms with Gasteiger partial charge in [-0.3, -0.25) is 0 Å². The fourth-order valence-corrected chi connectivity index (χ4v) is 0.804. The highest BCUT2D eigenvalue weighted by molar-refractivity contribution is 5.60. The van der Waals surface area contributed by atoms with Gasteiger partial charge in [0.2, 0.25) is 0 Å². The van der Waals surface area contributed by atoms with Crippen LogP contribution in [0.4, 0.5) is 4.79 Å². The zero-order valence-corrected chi connectivity index (χ0v) is 8.57. The van der Waals surface area contributed by atoms with Crippen LogP contribution in [-0.4, -0.2) is 11.8 Å². The Bertz CT molecular complexity index is 282. The minimum absolute atomic E-state index is 0.0991. The number of hydrogen-bond acceptors (Lipinski definition) is 4. The highest BCUT2D eigenvalue weighted by Gasteiger charge is 2.17. The number of carbonyl (C=O) groups excluding carboxylic acids is 1. The van der Waals surface area contributed by atoms with Gasteiger partial charge in [0.25, 0.3) is 0 Å². The van der Waals surface area contributed by atoms with E-state index in [0.29, 0.717) is 5.76 Å². The summed E-state index contributed by atoms with van der Waals surface area (Å²) in [4.78, 5) is 11.1. The van der Waals surface area contributed by atoms with Crippen LogP contribution in [0.5, 0.6) is 0 Å². The van der Waals surface area contributed by atoms with Crippen molar-refractivity contribution in [2.45, 2.75) is 33.0 Å². The van der Waals surface area contributed by atoms with E-state index < -0.39 is 11.8 Å². The highest BCUT2D eigenvalue weighted by Crippen LogP contribution is 2.09. The first-order valence-corrected chi connectivity index (χ1v) is 4.35. The topological polar surface area (TPSA) is 48.7 Å². The predicted molar refractivity (Wildman–Crippen MR) is 49.7 cm³/mol. The van der Waals surface area contributed by atoms with Crippen LogP contribution >= 0.6 is 0 Å². The van der Waals surface area contributed by atoms with E-state index in [9.17, 15) is 4.79 Å². The van der Waals surface area contributed by atoms with Crippen LogP contribution in [0, 0.1) is 0 Å². The molecule has 0 saturated heterocycles. The molecule has 0 aliphatic rings. The van der Waals surface area contributed by atoms with Gasteiger partial charge in [-0.25, -0.2) is 4.79 Å². The Balaban J connectivity index is 2.29. The molecule has 0 spiro atoms. The van der Waals surface area contributed by atoms with Crippen molar-refractivity contribution in [3.63, 3.8) is 0 Å². The Morgan fingerprint density at radius 3 is 2.71 bits per heavy atom. The van der Waals surface area contributed by atoms with Crippen LogP contribution in [-0.2, 0) is 16.1 Å². The Kier molecular flexibility index (Phi) is 3.17. The molecule has 0 aliphatic heterocycles. The molecule has 14 heavy (non-hydrogen) atoms. The maximum atomic E-state index is 11.1. The Morgan fingerprint density at radius 1 is 1.50 bits per heavy atom. The number of hydrogen-bond donors (Lipinski definition) is 0. The normalized spacial score (nSPS) is 11.1. The SMILES string of the molecule is CC(C)(C)OC(=O)OCc1ccco1. The number of rotatable bonds is 2. The van der Waals surface area contributed by atoms with Crippen LogP contribution in [0.25, 0.3) is 0 Å². The molecule has 0 unspecified atom stereocenters. The lowest BCUT2D eigenvalue weighted by Crippen LogP contribution is -2.24. The standard InChI is InChI=1S/C10H14O4/c1-10(2,3)14-9(11)13-7-8-5-4-6-12-8/h4-6H,7H2,1-3H3. The lowest BCUT2D eigenvalue weighted by Gasteiger charge is -2.18. The van der Waals surface area contributed by atoms with Crippen molar-refractivity contribution >= 4 is 6.16 Å². The highest BCUT2D eigenvalue weighted by atomic mass is 16.7. The quantitative estimate of drug-likeness (QED) is 0.685. The molecule has 0 N–H and O–H groups in total. The zero-order chi connectivity index (χ0) is 10.6. The third-order valence-corrected chi connectivity index (χ3v) is 1.30. The molecule has 0 bridgehead atoms. The summed E-state index contributed by atoms with van der Waals surface area (Å²) in [6, 6.07) is 3.46. The molecule has 1 heterocycles. The summed E-state index contributed by atoms with van der Waals surface area (Å²) in [7, 11) is 0. The van der Waals surface area contributed by atoms with Crippen molar-refractivity contribution in [1.82, 2.24) is 0 Å². The zero-order valence-electron chi connectivity index (χ0n) is 8.57. The molecule has 0 amide bonds. The summed E-state index contributed by atoms with van der Waals surface area (Å²) in [5, 5.41) is 0. The lowest BCUT2D eigenvalue weighted by molar-refractivity contribution is -0.0132. The summed E-state index contributed by atoms with van der Waals surface area (Å²) in [5.41, 5.74) is -0.528. The van der Waals surface area contributed by atoms with Crippen LogP contribution < -0.4 is 0 Å². The first-order chi connectivity index (χ1) is 6.47. The van der Waals surface area contributed by atoms with Gasteiger partial charge in [0, 0.05) is 0 Å². The van der Waals surface area contributed by atoms with E-state index in [-0.39, 0.29) is 6.61 Å². The van der Waals surface area contributed by atoms with Crippen LogP contribution in [0.1, 0.15) is 26.5 Å². The molecule has 4 heteroatoms. The number of carbonyl (C=O) groups is 1. The van der Waals surface area contributed by atoms with Crippen molar-refractivity contribution in [3.05, 3.63) is 24.2 Å². The summed E-state index contributed by atoms with van der Waals surface area (Å²) in [5.74, 6) is 0.593. The van der Waals surface area contributed by atoms with Crippen molar-refractivity contribution in [1.29, 1.82) is 0 Å². The summed E-state index contributed by atoms with van der Waals surface area (Å²) >= 11 is 0. The third-order valence-electron chi connectivity index (χ3n) is 1.30. The number of ether oxygens (including phenoxy) is 2. The van der Waals surface area contributed by atoms with Gasteiger partial charge in [0.15, 0.2) is 6.61 Å². The Morgan fingerprint density at radius 2 is 2.21 bits per heavy atom. The second-order valence-electron chi connectivity index (χ2n) is 3.83. The van der Waals surface area contributed by atoms with Crippen molar-refractivity contribution < 1.29 is 18.7 Å². The van der Waals surface area contributed by atoms with E-state index in [1.165, 1.54) is 6.26 Å². The van der Waals surface area contributed by atoms with Crippen molar-refractivity contribution in [2.75, 3.05) is 0 Å². The second-order valence-corrected chi connectivity index (χ2v) is 3.83. The minimum Gasteiger partial charge on any atom is -0.466 e. The second kappa shape index (κ2) is 4.17. The van der Waals surface area contributed by atoms with Crippen molar-refractivity contribution in [2.24, 2.45) is 0 Å². The largest absolute Gasteiger partial charge is 0.509 e. The molecule has 78 valence electrons. The van der Waals surface area contributed by atoms with Gasteiger partial charge in [0.05, 0.1) is 6.26 Å². The molecule has 0 aliphatic carbocycles. The average Bonchev–Trinajstić information content (AvgIpc) is 2.49. The molecule has 0 fully saturated rings. The summed E-state index contributed by atoms with van der Waals surface area (Å²) in [6.45, 7) is 5.44. The van der Waals surface area contributed by atoms with Gasteiger partial charge in [-0.2, -0.15) is 0 Å². The first kappa shape index (κ1) is 10.6.